The van der Waals surface area contributed by atoms with Gasteiger partial charge in [-0.05, 0) is 102 Å². The molecule has 11 aromatic rings. The lowest BCUT2D eigenvalue weighted by atomic mass is 9.85. The van der Waals surface area contributed by atoms with Gasteiger partial charge in [-0.2, -0.15) is 0 Å². The maximum absolute atomic E-state index is 6.40. The molecule has 0 unspecified atom stereocenters. The number of thiophene rings is 1. The topological polar surface area (TPSA) is 13.1 Å². The molecule has 0 spiro atoms. The Kier molecular flexibility index (Phi) is 5.89. The van der Waals surface area contributed by atoms with E-state index in [2.05, 4.69) is 170 Å². The van der Waals surface area contributed by atoms with Gasteiger partial charge in [0.05, 0.1) is 0 Å². The Labute approximate surface area is 292 Å². The van der Waals surface area contributed by atoms with Crippen LogP contribution in [-0.2, 0) is 0 Å². The number of hydrogen-bond donors (Lipinski definition) is 0. The van der Waals surface area contributed by atoms with E-state index < -0.39 is 0 Å². The Morgan fingerprint density at radius 3 is 1.62 bits per heavy atom. The Morgan fingerprint density at radius 1 is 0.320 bits per heavy atom. The van der Waals surface area contributed by atoms with E-state index in [0.717, 1.165) is 16.6 Å². The van der Waals surface area contributed by atoms with Gasteiger partial charge in [-0.3, -0.25) is 0 Å². The van der Waals surface area contributed by atoms with Gasteiger partial charge >= 0.3 is 0 Å². The standard InChI is InChI=1S/C48H28OS/c1-2-10-32-27-34(22-19-29(32)9-1)46-37-13-5-3-11-35(37)45(36-12-4-6-14-38(36)46)31-20-17-30(18-21-31)33-23-24-41-40(28-33)47-42(49-41)25-26-44-48(47)39-15-7-8-16-43(39)50-44/h1-28H. The second-order valence-corrected chi connectivity index (χ2v) is 14.3. The van der Waals surface area contributed by atoms with E-state index in [9.17, 15) is 0 Å². The molecular formula is C48H28OS. The quantitative estimate of drug-likeness (QED) is 0.173. The summed E-state index contributed by atoms with van der Waals surface area (Å²) in [6.45, 7) is 0. The van der Waals surface area contributed by atoms with Crippen molar-refractivity contribution in [3.63, 3.8) is 0 Å². The van der Waals surface area contributed by atoms with Crippen molar-refractivity contribution in [3.05, 3.63) is 170 Å². The van der Waals surface area contributed by atoms with Crippen molar-refractivity contribution in [3.8, 4) is 33.4 Å². The zero-order valence-electron chi connectivity index (χ0n) is 27.0. The first-order valence-electron chi connectivity index (χ1n) is 17.1. The molecule has 0 radical (unpaired) electrons. The lowest BCUT2D eigenvalue weighted by molar-refractivity contribution is 0.669. The lowest BCUT2D eigenvalue weighted by Gasteiger charge is -2.18. The van der Waals surface area contributed by atoms with Gasteiger partial charge in [0, 0.05) is 30.9 Å². The molecule has 11 rings (SSSR count). The summed E-state index contributed by atoms with van der Waals surface area (Å²) in [5.41, 5.74) is 9.26. The van der Waals surface area contributed by atoms with Gasteiger partial charge in [0.1, 0.15) is 11.2 Å². The molecule has 232 valence electrons. The van der Waals surface area contributed by atoms with E-state index in [1.807, 2.05) is 11.3 Å². The van der Waals surface area contributed by atoms with Crippen LogP contribution in [-0.4, -0.2) is 0 Å². The minimum absolute atomic E-state index is 0.924. The molecule has 9 aromatic carbocycles. The summed E-state index contributed by atoms with van der Waals surface area (Å²) in [5.74, 6) is 0. The maximum atomic E-state index is 6.40. The van der Waals surface area contributed by atoms with E-state index in [-0.39, 0.29) is 0 Å². The predicted molar refractivity (Wildman–Crippen MR) is 215 cm³/mol. The van der Waals surface area contributed by atoms with Crippen LogP contribution in [0.2, 0.25) is 0 Å². The third-order valence-corrected chi connectivity index (χ3v) is 11.6. The Hall–Kier alpha value is -6.22. The first-order chi connectivity index (χ1) is 24.8. The van der Waals surface area contributed by atoms with E-state index in [1.54, 1.807) is 0 Å². The highest BCUT2D eigenvalue weighted by Crippen LogP contribution is 2.46. The molecule has 2 heteroatoms. The molecule has 2 aromatic heterocycles. The van der Waals surface area contributed by atoms with Crippen LogP contribution in [0.25, 0.3) is 108 Å². The molecule has 0 N–H and O–H groups in total. The van der Waals surface area contributed by atoms with E-state index in [0.29, 0.717) is 0 Å². The van der Waals surface area contributed by atoms with Gasteiger partial charge in [0.2, 0.25) is 0 Å². The molecule has 0 aliphatic rings. The number of benzene rings is 9. The van der Waals surface area contributed by atoms with Gasteiger partial charge < -0.3 is 4.42 Å². The zero-order chi connectivity index (χ0) is 32.8. The van der Waals surface area contributed by atoms with Crippen molar-refractivity contribution < 1.29 is 4.42 Å². The molecule has 0 aliphatic carbocycles. The maximum Gasteiger partial charge on any atom is 0.136 e. The highest BCUT2D eigenvalue weighted by Gasteiger charge is 2.18. The summed E-state index contributed by atoms with van der Waals surface area (Å²) in [4.78, 5) is 0. The van der Waals surface area contributed by atoms with E-state index in [1.165, 1.54) is 91.3 Å². The summed E-state index contributed by atoms with van der Waals surface area (Å²) >= 11 is 1.85. The van der Waals surface area contributed by atoms with Crippen LogP contribution in [0.4, 0.5) is 0 Å². The van der Waals surface area contributed by atoms with Gasteiger partial charge in [0.15, 0.2) is 0 Å². The molecule has 0 fully saturated rings. The third-order valence-electron chi connectivity index (χ3n) is 10.5. The van der Waals surface area contributed by atoms with Crippen LogP contribution in [0.1, 0.15) is 0 Å². The second-order valence-electron chi connectivity index (χ2n) is 13.2. The first-order valence-corrected chi connectivity index (χ1v) is 17.9. The van der Waals surface area contributed by atoms with Crippen molar-refractivity contribution >= 4 is 85.8 Å². The fraction of sp³-hybridized carbons (Fsp3) is 0. The minimum atomic E-state index is 0.924. The van der Waals surface area contributed by atoms with Gasteiger partial charge in [-0.15, -0.1) is 11.3 Å². The average Bonchev–Trinajstić information content (AvgIpc) is 3.74. The largest absolute Gasteiger partial charge is 0.456 e. The lowest BCUT2D eigenvalue weighted by Crippen LogP contribution is -1.91. The van der Waals surface area contributed by atoms with Crippen molar-refractivity contribution in [1.82, 2.24) is 0 Å². The first kappa shape index (κ1) is 27.7. The average molecular weight is 653 g/mol. The summed E-state index contributed by atoms with van der Waals surface area (Å²) < 4.78 is 9.00. The van der Waals surface area contributed by atoms with Gasteiger partial charge in [-0.25, -0.2) is 0 Å². The zero-order valence-corrected chi connectivity index (χ0v) is 27.8. The van der Waals surface area contributed by atoms with Crippen molar-refractivity contribution in [2.75, 3.05) is 0 Å². The summed E-state index contributed by atoms with van der Waals surface area (Å²) in [6.07, 6.45) is 0. The van der Waals surface area contributed by atoms with Crippen LogP contribution >= 0.6 is 11.3 Å². The van der Waals surface area contributed by atoms with Crippen LogP contribution in [0.3, 0.4) is 0 Å². The number of hydrogen-bond acceptors (Lipinski definition) is 2. The molecule has 1 nitrogen and oxygen atoms in total. The second kappa shape index (κ2) is 10.6. The number of fused-ring (bicyclic) bond motifs is 10. The Morgan fingerprint density at radius 2 is 0.880 bits per heavy atom. The summed E-state index contributed by atoms with van der Waals surface area (Å²) in [6, 6.07) is 62.0. The number of rotatable bonds is 3. The normalized spacial score (nSPS) is 12.0. The number of furan rings is 1. The molecule has 0 saturated carbocycles. The Bertz CT molecular complexity index is 3080. The van der Waals surface area contributed by atoms with Gasteiger partial charge in [-0.1, -0.05) is 133 Å². The van der Waals surface area contributed by atoms with Crippen LogP contribution in [0.15, 0.2) is 174 Å². The fourth-order valence-electron chi connectivity index (χ4n) is 8.19. The molecule has 0 atom stereocenters. The Balaban J connectivity index is 1.08. The molecule has 0 amide bonds. The smallest absolute Gasteiger partial charge is 0.136 e. The van der Waals surface area contributed by atoms with Crippen LogP contribution in [0, 0.1) is 0 Å². The highest BCUT2D eigenvalue weighted by atomic mass is 32.1. The SMILES string of the molecule is c1ccc2cc(-c3c4ccccc4c(-c4ccc(-c5ccc6oc7ccc8sc9ccccc9c8c7c6c5)cc4)c4ccccc34)ccc2c1. The summed E-state index contributed by atoms with van der Waals surface area (Å²) in [5, 5.41) is 12.5. The van der Waals surface area contributed by atoms with E-state index >= 15 is 0 Å². The van der Waals surface area contributed by atoms with Crippen LogP contribution < -0.4 is 0 Å². The molecule has 0 saturated heterocycles. The molecule has 50 heavy (non-hydrogen) atoms. The monoisotopic (exact) mass is 652 g/mol. The fourth-order valence-corrected chi connectivity index (χ4v) is 9.30. The van der Waals surface area contributed by atoms with Crippen molar-refractivity contribution in [2.45, 2.75) is 0 Å². The van der Waals surface area contributed by atoms with Crippen LogP contribution in [0.5, 0.6) is 0 Å². The molecular weight excluding hydrogens is 625 g/mol. The summed E-state index contributed by atoms with van der Waals surface area (Å²) in [7, 11) is 0. The van der Waals surface area contributed by atoms with Crippen molar-refractivity contribution in [2.24, 2.45) is 0 Å². The van der Waals surface area contributed by atoms with Gasteiger partial charge in [0.25, 0.3) is 0 Å². The molecule has 0 aliphatic heterocycles. The minimum Gasteiger partial charge on any atom is -0.456 e. The third kappa shape index (κ3) is 4.06. The molecule has 0 bridgehead atoms. The predicted octanol–water partition coefficient (Wildman–Crippen LogP) is 14.4. The van der Waals surface area contributed by atoms with E-state index in [4.69, 9.17) is 4.42 Å². The highest BCUT2D eigenvalue weighted by molar-refractivity contribution is 7.26. The molecule has 2 heterocycles. The van der Waals surface area contributed by atoms with Crippen molar-refractivity contribution in [1.29, 1.82) is 0 Å².